The number of benzene rings is 2. The number of hydrazone groups is 1. The molecule has 0 fully saturated rings. The van der Waals surface area contributed by atoms with Gasteiger partial charge in [0.1, 0.15) is 0 Å². The van der Waals surface area contributed by atoms with Crippen LogP contribution >= 0.6 is 11.6 Å². The first-order chi connectivity index (χ1) is 15.3. The molecule has 9 nitrogen and oxygen atoms in total. The van der Waals surface area contributed by atoms with Gasteiger partial charge in [-0.1, -0.05) is 43.6 Å². The van der Waals surface area contributed by atoms with Crippen LogP contribution in [-0.4, -0.2) is 44.2 Å². The molecule has 0 aromatic heterocycles. The summed E-state index contributed by atoms with van der Waals surface area (Å²) in [6.07, 6.45) is 1.30. The minimum atomic E-state index is -0.885. The highest BCUT2D eigenvalue weighted by Gasteiger charge is 2.15. The van der Waals surface area contributed by atoms with E-state index in [0.717, 1.165) is 0 Å². The molecule has 10 heteroatoms. The Balaban J connectivity index is 1.97. The fourth-order valence-electron chi connectivity index (χ4n) is 2.40. The summed E-state index contributed by atoms with van der Waals surface area (Å²) in [6.45, 7) is 3.93. The molecule has 0 aliphatic heterocycles. The van der Waals surface area contributed by atoms with E-state index in [1.165, 1.54) is 19.4 Å². The van der Waals surface area contributed by atoms with Crippen LogP contribution < -0.4 is 25.5 Å². The average Bonchev–Trinajstić information content (AvgIpc) is 2.76. The van der Waals surface area contributed by atoms with E-state index in [-0.39, 0.29) is 35.0 Å². The first kappa shape index (κ1) is 24.7. The second kappa shape index (κ2) is 12.3. The van der Waals surface area contributed by atoms with Crippen LogP contribution in [0.1, 0.15) is 19.4 Å². The van der Waals surface area contributed by atoms with Crippen molar-refractivity contribution in [2.24, 2.45) is 11.0 Å². The zero-order valence-corrected chi connectivity index (χ0v) is 18.7. The molecular weight excluding hydrogens is 436 g/mol. The number of hydrogen-bond acceptors (Lipinski definition) is 6. The molecule has 2 aromatic rings. The molecule has 0 spiro atoms. The molecule has 0 bridgehead atoms. The molecule has 0 aliphatic carbocycles. The lowest BCUT2D eigenvalue weighted by atomic mass is 10.2. The fourth-order valence-corrected chi connectivity index (χ4v) is 2.68. The lowest BCUT2D eigenvalue weighted by Crippen LogP contribution is -2.39. The van der Waals surface area contributed by atoms with Crippen LogP contribution in [0.5, 0.6) is 11.5 Å². The third-order valence-electron chi connectivity index (χ3n) is 3.91. The standard InChI is InChI=1S/C22H25ClN4O5/c1-14(2)11-24-21(29)22(30)27-25-12-15-9-17(23)20(18(10-15)31-3)32-13-19(28)26-16-7-5-4-6-8-16/h4-10,12,14H,11,13H2,1-3H3,(H,24,29)(H,26,28)(H,27,30)/b25-12-. The monoisotopic (exact) mass is 460 g/mol. The molecule has 170 valence electrons. The smallest absolute Gasteiger partial charge is 0.329 e. The molecule has 0 atom stereocenters. The fraction of sp³-hybridized carbons (Fsp3) is 0.273. The number of rotatable bonds is 9. The van der Waals surface area contributed by atoms with E-state index in [9.17, 15) is 14.4 Å². The number of carbonyl (C=O) groups is 3. The molecule has 0 saturated carbocycles. The van der Waals surface area contributed by atoms with Crippen LogP contribution in [0.2, 0.25) is 5.02 Å². The van der Waals surface area contributed by atoms with E-state index < -0.39 is 11.8 Å². The maximum atomic E-state index is 12.1. The van der Waals surface area contributed by atoms with E-state index >= 15 is 0 Å². The largest absolute Gasteiger partial charge is 0.493 e. The topological polar surface area (TPSA) is 118 Å². The summed E-state index contributed by atoms with van der Waals surface area (Å²) < 4.78 is 10.8. The number of nitrogens with one attached hydrogen (secondary N) is 3. The van der Waals surface area contributed by atoms with Crippen molar-refractivity contribution in [1.29, 1.82) is 0 Å². The number of carbonyl (C=O) groups excluding carboxylic acids is 3. The predicted molar refractivity (Wildman–Crippen MR) is 122 cm³/mol. The number of halogens is 1. The van der Waals surface area contributed by atoms with E-state index in [1.807, 2.05) is 19.9 Å². The molecule has 2 aromatic carbocycles. The van der Waals surface area contributed by atoms with Gasteiger partial charge in [-0.25, -0.2) is 5.43 Å². The minimum Gasteiger partial charge on any atom is -0.493 e. The summed E-state index contributed by atoms with van der Waals surface area (Å²) in [5, 5.41) is 9.12. The molecule has 3 N–H and O–H groups in total. The van der Waals surface area contributed by atoms with Crippen molar-refractivity contribution >= 4 is 41.2 Å². The lowest BCUT2D eigenvalue weighted by Gasteiger charge is -2.13. The summed E-state index contributed by atoms with van der Waals surface area (Å²) in [4.78, 5) is 35.5. The van der Waals surface area contributed by atoms with Crippen molar-refractivity contribution in [3.8, 4) is 11.5 Å². The molecule has 32 heavy (non-hydrogen) atoms. The Hall–Kier alpha value is -3.59. The molecule has 2 rings (SSSR count). The van der Waals surface area contributed by atoms with Crippen molar-refractivity contribution in [3.63, 3.8) is 0 Å². The van der Waals surface area contributed by atoms with Crippen molar-refractivity contribution in [2.45, 2.75) is 13.8 Å². The van der Waals surface area contributed by atoms with Crippen LogP contribution in [0.3, 0.4) is 0 Å². The first-order valence-electron chi connectivity index (χ1n) is 9.76. The van der Waals surface area contributed by atoms with Crippen molar-refractivity contribution < 1.29 is 23.9 Å². The zero-order valence-electron chi connectivity index (χ0n) is 18.0. The van der Waals surface area contributed by atoms with Crippen molar-refractivity contribution in [1.82, 2.24) is 10.7 Å². The number of para-hydroxylation sites is 1. The average molecular weight is 461 g/mol. The summed E-state index contributed by atoms with van der Waals surface area (Å²) in [6, 6.07) is 12.0. The minimum absolute atomic E-state index is 0.180. The third-order valence-corrected chi connectivity index (χ3v) is 4.19. The first-order valence-corrected chi connectivity index (χ1v) is 10.1. The molecule has 3 amide bonds. The molecular formula is C22H25ClN4O5. The molecule has 0 saturated heterocycles. The normalized spacial score (nSPS) is 10.7. The Morgan fingerprint density at radius 1 is 1.12 bits per heavy atom. The summed E-state index contributed by atoms with van der Waals surface area (Å²) in [7, 11) is 1.42. The Morgan fingerprint density at radius 3 is 2.50 bits per heavy atom. The van der Waals surface area contributed by atoms with Crippen LogP contribution in [0.4, 0.5) is 5.69 Å². The highest BCUT2D eigenvalue weighted by Crippen LogP contribution is 2.36. The van der Waals surface area contributed by atoms with Crippen molar-refractivity contribution in [3.05, 3.63) is 53.1 Å². The predicted octanol–water partition coefficient (Wildman–Crippen LogP) is 2.59. The second-order valence-corrected chi connectivity index (χ2v) is 7.45. The summed E-state index contributed by atoms with van der Waals surface area (Å²) in [5.41, 5.74) is 3.27. The lowest BCUT2D eigenvalue weighted by molar-refractivity contribution is -0.139. The number of amides is 3. The van der Waals surface area contributed by atoms with Crippen LogP contribution in [0.15, 0.2) is 47.6 Å². The molecule has 0 heterocycles. The number of anilines is 1. The van der Waals surface area contributed by atoms with Crippen LogP contribution in [0.25, 0.3) is 0 Å². The van der Waals surface area contributed by atoms with Gasteiger partial charge < -0.3 is 20.1 Å². The number of ether oxygens (including phenoxy) is 2. The maximum Gasteiger partial charge on any atom is 0.329 e. The molecule has 0 unspecified atom stereocenters. The maximum absolute atomic E-state index is 12.1. The highest BCUT2D eigenvalue weighted by atomic mass is 35.5. The number of hydrogen-bond donors (Lipinski definition) is 3. The van der Waals surface area contributed by atoms with Crippen LogP contribution in [0, 0.1) is 5.92 Å². The third kappa shape index (κ3) is 7.92. The van der Waals surface area contributed by atoms with Gasteiger partial charge in [-0.3, -0.25) is 14.4 Å². The number of methoxy groups -OCH3 is 1. The second-order valence-electron chi connectivity index (χ2n) is 7.04. The van der Waals surface area contributed by atoms with Gasteiger partial charge in [0.15, 0.2) is 18.1 Å². The van der Waals surface area contributed by atoms with Gasteiger partial charge in [0, 0.05) is 12.2 Å². The Bertz CT molecular complexity index is 980. The quantitative estimate of drug-likeness (QED) is 0.302. The van der Waals surface area contributed by atoms with Gasteiger partial charge in [-0.15, -0.1) is 0 Å². The van der Waals surface area contributed by atoms with Gasteiger partial charge >= 0.3 is 11.8 Å². The Labute approximate surface area is 191 Å². The SMILES string of the molecule is COc1cc(/C=N\NC(=O)C(=O)NCC(C)C)cc(Cl)c1OCC(=O)Nc1ccccc1. The van der Waals surface area contributed by atoms with E-state index in [4.69, 9.17) is 21.1 Å². The van der Waals surface area contributed by atoms with Crippen LogP contribution in [-0.2, 0) is 14.4 Å². The summed E-state index contributed by atoms with van der Waals surface area (Å²) in [5.74, 6) is -1.35. The van der Waals surface area contributed by atoms with E-state index in [0.29, 0.717) is 17.8 Å². The van der Waals surface area contributed by atoms with E-state index in [1.54, 1.807) is 30.3 Å². The van der Waals surface area contributed by atoms with E-state index in [2.05, 4.69) is 21.2 Å². The van der Waals surface area contributed by atoms with Gasteiger partial charge in [0.25, 0.3) is 5.91 Å². The van der Waals surface area contributed by atoms with Gasteiger partial charge in [0.05, 0.1) is 18.3 Å². The number of nitrogens with zero attached hydrogens (tertiary/aromatic N) is 1. The van der Waals surface area contributed by atoms with Gasteiger partial charge in [-0.05, 0) is 35.7 Å². The Kier molecular flexibility index (Phi) is 9.49. The van der Waals surface area contributed by atoms with Gasteiger partial charge in [0.2, 0.25) is 0 Å². The zero-order chi connectivity index (χ0) is 23.5. The van der Waals surface area contributed by atoms with Gasteiger partial charge in [-0.2, -0.15) is 5.10 Å². The molecule has 0 radical (unpaired) electrons. The molecule has 0 aliphatic rings. The van der Waals surface area contributed by atoms with Crippen molar-refractivity contribution in [2.75, 3.05) is 25.6 Å². The highest BCUT2D eigenvalue weighted by molar-refractivity contribution is 6.35. The Morgan fingerprint density at radius 2 is 1.84 bits per heavy atom. The summed E-state index contributed by atoms with van der Waals surface area (Å²) >= 11 is 6.27.